The molecule has 3 amide bonds. The van der Waals surface area contributed by atoms with Gasteiger partial charge in [-0.25, -0.2) is 4.79 Å². The minimum Gasteiger partial charge on any atom is -0.467 e. The number of hydrogen-bond acceptors (Lipinski definition) is 3. The molecule has 6 nitrogen and oxygen atoms in total. The van der Waals surface area contributed by atoms with E-state index in [2.05, 4.69) is 10.6 Å². The molecule has 1 aromatic carbocycles. The Labute approximate surface area is 147 Å². The fourth-order valence-corrected chi connectivity index (χ4v) is 3.01. The molecule has 0 aliphatic heterocycles. The van der Waals surface area contributed by atoms with Crippen molar-refractivity contribution in [2.45, 2.75) is 38.8 Å². The first kappa shape index (κ1) is 17.1. The van der Waals surface area contributed by atoms with E-state index in [1.165, 1.54) is 0 Å². The maximum absolute atomic E-state index is 12.9. The van der Waals surface area contributed by atoms with Crippen molar-refractivity contribution >= 4 is 17.6 Å². The van der Waals surface area contributed by atoms with Crippen LogP contribution in [0.2, 0.25) is 0 Å². The number of furan rings is 1. The topological polar surface area (TPSA) is 74.6 Å². The molecule has 1 atom stereocenters. The number of nitrogens with zero attached hydrogens (tertiary/aromatic N) is 1. The highest BCUT2D eigenvalue weighted by Crippen LogP contribution is 2.35. The second-order valence-electron chi connectivity index (χ2n) is 6.32. The Morgan fingerprint density at radius 2 is 2.00 bits per heavy atom. The third-order valence-electron chi connectivity index (χ3n) is 4.59. The number of amides is 3. The highest BCUT2D eigenvalue weighted by molar-refractivity contribution is 5.99. The van der Waals surface area contributed by atoms with Crippen molar-refractivity contribution in [1.82, 2.24) is 10.2 Å². The molecule has 2 aromatic rings. The Morgan fingerprint density at radius 1 is 1.24 bits per heavy atom. The van der Waals surface area contributed by atoms with E-state index in [0.717, 1.165) is 24.2 Å². The molecule has 6 heteroatoms. The second-order valence-corrected chi connectivity index (χ2v) is 6.32. The van der Waals surface area contributed by atoms with Crippen molar-refractivity contribution in [3.05, 3.63) is 53.5 Å². The van der Waals surface area contributed by atoms with Crippen molar-refractivity contribution in [1.29, 1.82) is 0 Å². The molecule has 0 radical (unpaired) electrons. The highest BCUT2D eigenvalue weighted by atomic mass is 16.3. The van der Waals surface area contributed by atoms with E-state index < -0.39 is 0 Å². The van der Waals surface area contributed by atoms with Gasteiger partial charge in [-0.15, -0.1) is 0 Å². The van der Waals surface area contributed by atoms with Gasteiger partial charge in [-0.2, -0.15) is 0 Å². The molecule has 0 spiro atoms. The molecule has 1 heterocycles. The van der Waals surface area contributed by atoms with Gasteiger partial charge >= 0.3 is 6.03 Å². The van der Waals surface area contributed by atoms with Crippen LogP contribution in [-0.4, -0.2) is 29.9 Å². The highest BCUT2D eigenvalue weighted by Gasteiger charge is 2.37. The molecule has 132 valence electrons. The van der Waals surface area contributed by atoms with E-state index in [9.17, 15) is 9.59 Å². The van der Waals surface area contributed by atoms with Gasteiger partial charge in [0.1, 0.15) is 5.76 Å². The van der Waals surface area contributed by atoms with Gasteiger partial charge in [0.25, 0.3) is 5.91 Å². The fraction of sp³-hybridized carbons (Fsp3) is 0.368. The third-order valence-corrected chi connectivity index (χ3v) is 4.59. The van der Waals surface area contributed by atoms with Crippen LogP contribution in [0.3, 0.4) is 0 Å². The predicted molar refractivity (Wildman–Crippen MR) is 95.6 cm³/mol. The van der Waals surface area contributed by atoms with Gasteiger partial charge < -0.3 is 20.0 Å². The normalized spacial score (nSPS) is 14.7. The summed E-state index contributed by atoms with van der Waals surface area (Å²) >= 11 is 0. The van der Waals surface area contributed by atoms with Gasteiger partial charge in [-0.05, 0) is 56.5 Å². The van der Waals surface area contributed by atoms with Crippen LogP contribution >= 0.6 is 0 Å². The van der Waals surface area contributed by atoms with Gasteiger partial charge in [-0.1, -0.05) is 6.07 Å². The predicted octanol–water partition coefficient (Wildman–Crippen LogP) is 3.71. The van der Waals surface area contributed by atoms with E-state index in [0.29, 0.717) is 11.3 Å². The van der Waals surface area contributed by atoms with Crippen LogP contribution in [0.1, 0.15) is 47.5 Å². The number of benzene rings is 1. The molecular formula is C19H23N3O3. The molecular weight excluding hydrogens is 318 g/mol. The van der Waals surface area contributed by atoms with E-state index in [1.54, 1.807) is 25.4 Å². The molecule has 25 heavy (non-hydrogen) atoms. The lowest BCUT2D eigenvalue weighted by Crippen LogP contribution is -2.38. The number of urea groups is 1. The van der Waals surface area contributed by atoms with Crippen LogP contribution in [-0.2, 0) is 0 Å². The number of hydrogen-bond donors (Lipinski definition) is 2. The summed E-state index contributed by atoms with van der Waals surface area (Å²) in [6.45, 7) is 3.79. The van der Waals surface area contributed by atoms with Crippen LogP contribution < -0.4 is 10.6 Å². The van der Waals surface area contributed by atoms with Crippen molar-refractivity contribution in [3.8, 4) is 0 Å². The summed E-state index contributed by atoms with van der Waals surface area (Å²) in [6, 6.07) is 8.92. The maximum Gasteiger partial charge on any atom is 0.322 e. The van der Waals surface area contributed by atoms with Crippen molar-refractivity contribution in [2.24, 2.45) is 0 Å². The van der Waals surface area contributed by atoms with Crippen LogP contribution in [0.15, 0.2) is 41.0 Å². The smallest absolute Gasteiger partial charge is 0.322 e. The first-order chi connectivity index (χ1) is 12.0. The van der Waals surface area contributed by atoms with Crippen molar-refractivity contribution in [2.75, 3.05) is 12.4 Å². The van der Waals surface area contributed by atoms with Crippen LogP contribution in [0.25, 0.3) is 0 Å². The summed E-state index contributed by atoms with van der Waals surface area (Å²) in [6.07, 6.45) is 3.61. The zero-order valence-electron chi connectivity index (χ0n) is 14.7. The molecule has 1 aromatic heterocycles. The van der Waals surface area contributed by atoms with Gasteiger partial charge in [0.2, 0.25) is 0 Å². The number of carbonyl (C=O) groups excluding carboxylic acids is 2. The number of carbonyl (C=O) groups is 2. The Bertz CT molecular complexity index is 766. The Hall–Kier alpha value is -2.76. The maximum atomic E-state index is 12.9. The van der Waals surface area contributed by atoms with Crippen LogP contribution in [0.4, 0.5) is 10.5 Å². The minimum absolute atomic E-state index is 0.148. The number of nitrogens with one attached hydrogen (secondary N) is 2. The molecule has 1 aliphatic carbocycles. The molecule has 0 bridgehead atoms. The van der Waals surface area contributed by atoms with Crippen molar-refractivity contribution in [3.63, 3.8) is 0 Å². The van der Waals surface area contributed by atoms with Crippen LogP contribution in [0, 0.1) is 6.92 Å². The lowest BCUT2D eigenvalue weighted by atomic mass is 10.1. The largest absolute Gasteiger partial charge is 0.467 e. The quantitative estimate of drug-likeness (QED) is 0.870. The van der Waals surface area contributed by atoms with E-state index in [1.807, 2.05) is 36.9 Å². The van der Waals surface area contributed by atoms with Gasteiger partial charge in [0.05, 0.1) is 12.3 Å². The number of anilines is 1. The van der Waals surface area contributed by atoms with Crippen LogP contribution in [0.5, 0.6) is 0 Å². The first-order valence-corrected chi connectivity index (χ1v) is 8.47. The average Bonchev–Trinajstić information content (AvgIpc) is 3.27. The Morgan fingerprint density at radius 3 is 2.60 bits per heavy atom. The number of rotatable bonds is 5. The zero-order chi connectivity index (χ0) is 18.0. The van der Waals surface area contributed by atoms with Crippen molar-refractivity contribution < 1.29 is 14.0 Å². The molecule has 1 saturated carbocycles. The van der Waals surface area contributed by atoms with E-state index in [-0.39, 0.29) is 24.0 Å². The van der Waals surface area contributed by atoms with Gasteiger partial charge in [0.15, 0.2) is 0 Å². The average molecular weight is 341 g/mol. The Balaban J connectivity index is 1.82. The Kier molecular flexibility index (Phi) is 4.79. The summed E-state index contributed by atoms with van der Waals surface area (Å²) in [5.41, 5.74) is 1.94. The van der Waals surface area contributed by atoms with E-state index in [4.69, 9.17) is 4.42 Å². The summed E-state index contributed by atoms with van der Waals surface area (Å²) in [4.78, 5) is 26.7. The molecule has 3 rings (SSSR count). The van der Waals surface area contributed by atoms with Gasteiger partial charge in [-0.3, -0.25) is 4.79 Å². The lowest BCUT2D eigenvalue weighted by Gasteiger charge is -2.28. The van der Waals surface area contributed by atoms with E-state index >= 15 is 0 Å². The molecule has 1 aliphatic rings. The van der Waals surface area contributed by atoms with Gasteiger partial charge in [0, 0.05) is 24.3 Å². The molecule has 0 saturated heterocycles. The second kappa shape index (κ2) is 7.01. The third kappa shape index (κ3) is 3.52. The summed E-state index contributed by atoms with van der Waals surface area (Å²) < 4.78 is 5.47. The fourth-order valence-electron chi connectivity index (χ4n) is 3.01. The standard InChI is InChI=1S/C19H23N3O3/c1-12-15(18(23)20-3)6-4-7-16(12)21-19(24)22(14-9-10-14)13(2)17-8-5-11-25-17/h4-8,11,13-14H,9-10H2,1-3H3,(H,20,23)(H,21,24). The molecule has 1 fully saturated rings. The monoisotopic (exact) mass is 341 g/mol. The first-order valence-electron chi connectivity index (χ1n) is 8.47. The minimum atomic E-state index is -0.177. The molecule has 1 unspecified atom stereocenters. The lowest BCUT2D eigenvalue weighted by molar-refractivity contribution is 0.0962. The SMILES string of the molecule is CNC(=O)c1cccc(NC(=O)N(C2CC2)C(C)c2ccco2)c1C. The summed E-state index contributed by atoms with van der Waals surface area (Å²) in [5.74, 6) is 0.592. The summed E-state index contributed by atoms with van der Waals surface area (Å²) in [5, 5.41) is 5.58. The summed E-state index contributed by atoms with van der Waals surface area (Å²) in [7, 11) is 1.59. The molecule has 2 N–H and O–H groups in total. The zero-order valence-corrected chi connectivity index (χ0v) is 14.7.